The van der Waals surface area contributed by atoms with Crippen molar-refractivity contribution in [2.75, 3.05) is 0 Å². The van der Waals surface area contributed by atoms with Crippen molar-refractivity contribution in [3.8, 4) is 5.75 Å². The second-order valence-electron chi connectivity index (χ2n) is 6.28. The summed E-state index contributed by atoms with van der Waals surface area (Å²) in [7, 11) is 0. The van der Waals surface area contributed by atoms with Gasteiger partial charge >= 0.3 is 0 Å². The van der Waals surface area contributed by atoms with Crippen LogP contribution < -0.4 is 4.74 Å². The number of hydrogen-bond acceptors (Lipinski definition) is 1. The van der Waals surface area contributed by atoms with Crippen LogP contribution in [0.2, 0.25) is 0 Å². The van der Waals surface area contributed by atoms with E-state index in [0.717, 1.165) is 5.75 Å². The monoisotopic (exact) mass is 284 g/mol. The van der Waals surface area contributed by atoms with Gasteiger partial charge in [0, 0.05) is 22.6 Å². The smallest absolute Gasteiger partial charge is 0.157 e. The summed E-state index contributed by atoms with van der Waals surface area (Å²) in [5.74, 6) is 1.27. The predicted octanol–water partition coefficient (Wildman–Crippen LogP) is 4.84. The highest BCUT2D eigenvalue weighted by atomic mass is 16.5. The lowest BCUT2D eigenvalue weighted by Crippen LogP contribution is -2.34. The molecule has 2 heterocycles. The van der Waals surface area contributed by atoms with E-state index in [1.165, 1.54) is 27.8 Å². The van der Waals surface area contributed by atoms with Crippen molar-refractivity contribution in [1.29, 1.82) is 0 Å². The average molecular weight is 284 g/mol. The first-order valence-corrected chi connectivity index (χ1v) is 7.76. The normalized spacial score (nSPS) is 23.8. The van der Waals surface area contributed by atoms with Crippen LogP contribution in [0.4, 0.5) is 0 Å². The minimum absolute atomic E-state index is 0.263. The van der Waals surface area contributed by atoms with Crippen molar-refractivity contribution >= 4 is 0 Å². The first kappa shape index (κ1) is 12.0. The molecule has 1 aliphatic carbocycles. The Bertz CT molecular complexity index is 846. The Kier molecular flexibility index (Phi) is 2.20. The van der Waals surface area contributed by atoms with Gasteiger partial charge in [0.15, 0.2) is 5.60 Å². The zero-order chi connectivity index (χ0) is 14.7. The van der Waals surface area contributed by atoms with Crippen molar-refractivity contribution in [3.05, 3.63) is 101 Å². The number of benzene rings is 3. The minimum Gasteiger partial charge on any atom is -0.478 e. The summed E-state index contributed by atoms with van der Waals surface area (Å²) in [5, 5.41) is 0. The van der Waals surface area contributed by atoms with Gasteiger partial charge < -0.3 is 4.74 Å². The summed E-state index contributed by atoms with van der Waals surface area (Å²) >= 11 is 0. The van der Waals surface area contributed by atoms with E-state index in [-0.39, 0.29) is 5.92 Å². The highest BCUT2D eigenvalue weighted by molar-refractivity contribution is 5.63. The van der Waals surface area contributed by atoms with Crippen LogP contribution >= 0.6 is 0 Å². The minimum atomic E-state index is -0.420. The van der Waals surface area contributed by atoms with Gasteiger partial charge in [0.05, 0.1) is 0 Å². The standard InChI is InChI=1S/C21H16O/c1-21-17-11-5-2-8-14(17)20(15-9-3-6-12-18(15)21)16-10-4-7-13-19(16)22-21/h2-13,20H,1H3. The molecule has 6 rings (SSSR count). The van der Waals surface area contributed by atoms with Gasteiger partial charge in [-0.2, -0.15) is 0 Å². The fourth-order valence-electron chi connectivity index (χ4n) is 4.16. The largest absolute Gasteiger partial charge is 0.478 e. The van der Waals surface area contributed by atoms with E-state index in [1.807, 2.05) is 0 Å². The molecule has 0 aromatic heterocycles. The van der Waals surface area contributed by atoms with Crippen LogP contribution in [0.15, 0.2) is 72.8 Å². The zero-order valence-electron chi connectivity index (χ0n) is 12.4. The molecule has 0 fully saturated rings. The number of hydrogen-bond donors (Lipinski definition) is 0. The molecule has 0 atom stereocenters. The van der Waals surface area contributed by atoms with Crippen molar-refractivity contribution in [1.82, 2.24) is 0 Å². The molecule has 1 nitrogen and oxygen atoms in total. The summed E-state index contributed by atoms with van der Waals surface area (Å²) in [5.41, 5.74) is 6.16. The van der Waals surface area contributed by atoms with E-state index in [1.54, 1.807) is 0 Å². The van der Waals surface area contributed by atoms with E-state index in [0.29, 0.717) is 0 Å². The quantitative estimate of drug-likeness (QED) is 0.574. The van der Waals surface area contributed by atoms with Crippen LogP contribution in [0, 0.1) is 0 Å². The van der Waals surface area contributed by atoms with Gasteiger partial charge in [-0.3, -0.25) is 0 Å². The van der Waals surface area contributed by atoms with Gasteiger partial charge in [-0.1, -0.05) is 66.7 Å². The second kappa shape index (κ2) is 4.01. The molecule has 0 spiro atoms. The Balaban J connectivity index is 1.97. The Morgan fingerprint density at radius 2 is 1.18 bits per heavy atom. The van der Waals surface area contributed by atoms with Crippen LogP contribution in [0.3, 0.4) is 0 Å². The zero-order valence-corrected chi connectivity index (χ0v) is 12.4. The molecule has 1 heteroatoms. The second-order valence-corrected chi connectivity index (χ2v) is 6.28. The maximum Gasteiger partial charge on any atom is 0.157 e. The summed E-state index contributed by atoms with van der Waals surface area (Å²) in [6.07, 6.45) is 0. The van der Waals surface area contributed by atoms with Gasteiger partial charge in [-0.15, -0.1) is 0 Å². The molecule has 22 heavy (non-hydrogen) atoms. The maximum absolute atomic E-state index is 6.59. The molecule has 0 amide bonds. The lowest BCUT2D eigenvalue weighted by Gasteiger charge is -2.37. The van der Waals surface area contributed by atoms with E-state index in [9.17, 15) is 0 Å². The summed E-state index contributed by atoms with van der Waals surface area (Å²) in [4.78, 5) is 0. The molecule has 3 aliphatic rings. The van der Waals surface area contributed by atoms with E-state index < -0.39 is 5.60 Å². The lowest BCUT2D eigenvalue weighted by molar-refractivity contribution is 0.132. The Morgan fingerprint density at radius 1 is 0.682 bits per heavy atom. The molecule has 0 unspecified atom stereocenters. The lowest BCUT2D eigenvalue weighted by atomic mass is 9.70. The summed E-state index contributed by atoms with van der Waals surface area (Å²) in [6.45, 7) is 2.20. The number of ether oxygens (including phenoxy) is 1. The number of para-hydroxylation sites is 1. The molecule has 2 bridgehead atoms. The first-order valence-electron chi connectivity index (χ1n) is 7.76. The summed E-state index contributed by atoms with van der Waals surface area (Å²) in [6, 6.07) is 25.9. The summed E-state index contributed by atoms with van der Waals surface area (Å²) < 4.78 is 6.59. The highest BCUT2D eigenvalue weighted by Gasteiger charge is 2.46. The Hall–Kier alpha value is -2.54. The molecular weight excluding hydrogens is 268 g/mol. The van der Waals surface area contributed by atoms with Crippen molar-refractivity contribution in [2.24, 2.45) is 0 Å². The molecule has 3 aromatic carbocycles. The fraction of sp³-hybridized carbons (Fsp3) is 0.143. The SMILES string of the molecule is CC12Oc3ccccc3C(c3ccccc31)c1ccccc12. The fourth-order valence-corrected chi connectivity index (χ4v) is 4.16. The van der Waals surface area contributed by atoms with Crippen LogP contribution in [0.1, 0.15) is 40.7 Å². The van der Waals surface area contributed by atoms with Crippen molar-refractivity contribution in [2.45, 2.75) is 18.4 Å². The molecule has 0 radical (unpaired) electrons. The third kappa shape index (κ3) is 1.34. The van der Waals surface area contributed by atoms with Crippen LogP contribution in [-0.4, -0.2) is 0 Å². The van der Waals surface area contributed by atoms with Crippen LogP contribution in [0.25, 0.3) is 0 Å². The third-order valence-electron chi connectivity index (χ3n) is 5.12. The third-order valence-corrected chi connectivity index (χ3v) is 5.12. The first-order chi connectivity index (χ1) is 10.8. The predicted molar refractivity (Wildman–Crippen MR) is 87.4 cm³/mol. The van der Waals surface area contributed by atoms with Gasteiger partial charge in [-0.25, -0.2) is 0 Å². The van der Waals surface area contributed by atoms with Crippen LogP contribution in [-0.2, 0) is 5.60 Å². The highest BCUT2D eigenvalue weighted by Crippen LogP contribution is 2.54. The Morgan fingerprint density at radius 3 is 1.82 bits per heavy atom. The molecule has 0 saturated heterocycles. The molecular formula is C21H16O. The van der Waals surface area contributed by atoms with Gasteiger partial charge in [0.25, 0.3) is 0 Å². The van der Waals surface area contributed by atoms with Crippen molar-refractivity contribution in [3.63, 3.8) is 0 Å². The molecule has 3 aromatic rings. The van der Waals surface area contributed by atoms with Gasteiger partial charge in [0.2, 0.25) is 0 Å². The van der Waals surface area contributed by atoms with E-state index in [2.05, 4.69) is 79.7 Å². The molecule has 2 aliphatic heterocycles. The van der Waals surface area contributed by atoms with E-state index in [4.69, 9.17) is 4.74 Å². The maximum atomic E-state index is 6.59. The molecule has 0 N–H and O–H groups in total. The van der Waals surface area contributed by atoms with Crippen molar-refractivity contribution < 1.29 is 4.74 Å². The number of rotatable bonds is 0. The van der Waals surface area contributed by atoms with Crippen LogP contribution in [0.5, 0.6) is 5.75 Å². The topological polar surface area (TPSA) is 9.23 Å². The molecule has 106 valence electrons. The van der Waals surface area contributed by atoms with E-state index >= 15 is 0 Å². The van der Waals surface area contributed by atoms with Gasteiger partial charge in [-0.05, 0) is 24.1 Å². The van der Waals surface area contributed by atoms with Gasteiger partial charge in [0.1, 0.15) is 5.75 Å². The molecule has 0 saturated carbocycles. The Labute approximate surface area is 130 Å². The average Bonchev–Trinajstić information content (AvgIpc) is 2.75.